The number of rotatable bonds is 8. The maximum atomic E-state index is 11.6. The number of nitrogens with zero attached hydrogens (tertiary/aromatic N) is 1. The molecule has 112 valence electrons. The largest absolute Gasteiger partial charge is 0.508 e. The first-order valence-electron chi connectivity index (χ1n) is 6.94. The minimum atomic E-state index is -1.20. The summed E-state index contributed by atoms with van der Waals surface area (Å²) in [6.45, 7) is 9.01. The van der Waals surface area contributed by atoms with Gasteiger partial charge in [-0.3, -0.25) is 5.32 Å². The number of phenolic OH excluding ortho intramolecular Hbond substituents is 1. The highest BCUT2D eigenvalue weighted by molar-refractivity contribution is 5.80. The monoisotopic (exact) mass is 280 g/mol. The summed E-state index contributed by atoms with van der Waals surface area (Å²) in [4.78, 5) is 13.8. The van der Waals surface area contributed by atoms with E-state index in [2.05, 4.69) is 24.1 Å². The Hall–Kier alpha value is -1.59. The van der Waals surface area contributed by atoms with Crippen molar-refractivity contribution in [1.82, 2.24) is 10.2 Å². The maximum Gasteiger partial charge on any atom is 0.328 e. The number of carboxylic acid groups (broad SMARTS) is 1. The lowest BCUT2D eigenvalue weighted by atomic mass is 9.92. The Balaban J connectivity index is 2.80. The normalized spacial score (nSPS) is 14.2. The highest BCUT2D eigenvalue weighted by Gasteiger charge is 2.34. The molecule has 1 aromatic carbocycles. The number of nitrogens with one attached hydrogen (secondary N) is 1. The minimum absolute atomic E-state index is 0.0699. The standard InChI is InChI=1S/C15H24N2O3/c1-4-17(5-2)10-9-16-15(3,14(19)20)12-7-6-8-13(18)11-12/h6-8,11,16,18H,4-5,9-10H2,1-3H3,(H,19,20). The number of likely N-dealkylation sites (N-methyl/N-ethyl adjacent to an activating group) is 1. The Morgan fingerprint density at radius 2 is 2.00 bits per heavy atom. The van der Waals surface area contributed by atoms with Crippen molar-refractivity contribution in [2.45, 2.75) is 26.3 Å². The lowest BCUT2D eigenvalue weighted by Crippen LogP contribution is -2.49. The zero-order valence-electron chi connectivity index (χ0n) is 12.4. The van der Waals surface area contributed by atoms with Gasteiger partial charge >= 0.3 is 5.97 Å². The third kappa shape index (κ3) is 3.95. The molecule has 0 saturated carbocycles. The van der Waals surface area contributed by atoms with Crippen molar-refractivity contribution in [3.8, 4) is 5.75 Å². The van der Waals surface area contributed by atoms with Gasteiger partial charge in [0.15, 0.2) is 0 Å². The minimum Gasteiger partial charge on any atom is -0.508 e. The van der Waals surface area contributed by atoms with Gasteiger partial charge in [0, 0.05) is 13.1 Å². The molecule has 1 atom stereocenters. The molecule has 5 heteroatoms. The predicted octanol–water partition coefficient (Wildman–Crippen LogP) is 1.62. The van der Waals surface area contributed by atoms with Crippen LogP contribution in [0.5, 0.6) is 5.75 Å². The van der Waals surface area contributed by atoms with Crippen LogP contribution in [0.1, 0.15) is 26.3 Å². The van der Waals surface area contributed by atoms with Gasteiger partial charge < -0.3 is 15.1 Å². The van der Waals surface area contributed by atoms with Gasteiger partial charge in [-0.05, 0) is 37.7 Å². The number of carbonyl (C=O) groups is 1. The fourth-order valence-corrected chi connectivity index (χ4v) is 2.12. The van der Waals surface area contributed by atoms with Crippen LogP contribution in [0.3, 0.4) is 0 Å². The Kier molecular flexibility index (Phi) is 5.98. The van der Waals surface area contributed by atoms with E-state index in [-0.39, 0.29) is 5.75 Å². The van der Waals surface area contributed by atoms with Gasteiger partial charge in [-0.25, -0.2) is 4.79 Å². The van der Waals surface area contributed by atoms with Crippen molar-refractivity contribution in [3.63, 3.8) is 0 Å². The van der Waals surface area contributed by atoms with E-state index in [4.69, 9.17) is 0 Å². The van der Waals surface area contributed by atoms with Crippen LogP contribution in [0.25, 0.3) is 0 Å². The van der Waals surface area contributed by atoms with Gasteiger partial charge in [0.1, 0.15) is 11.3 Å². The van der Waals surface area contributed by atoms with E-state index in [0.29, 0.717) is 12.1 Å². The van der Waals surface area contributed by atoms with Crippen molar-refractivity contribution in [1.29, 1.82) is 0 Å². The molecule has 1 unspecified atom stereocenters. The van der Waals surface area contributed by atoms with Crippen molar-refractivity contribution in [2.24, 2.45) is 0 Å². The van der Waals surface area contributed by atoms with Crippen molar-refractivity contribution < 1.29 is 15.0 Å². The maximum absolute atomic E-state index is 11.6. The van der Waals surface area contributed by atoms with Crippen LogP contribution >= 0.6 is 0 Å². The van der Waals surface area contributed by atoms with E-state index >= 15 is 0 Å². The first-order chi connectivity index (χ1) is 9.43. The molecular formula is C15H24N2O3. The van der Waals surface area contributed by atoms with Crippen molar-refractivity contribution in [3.05, 3.63) is 29.8 Å². The van der Waals surface area contributed by atoms with Crippen LogP contribution in [-0.2, 0) is 10.3 Å². The fourth-order valence-electron chi connectivity index (χ4n) is 2.12. The summed E-state index contributed by atoms with van der Waals surface area (Å²) in [5, 5.41) is 22.1. The van der Waals surface area contributed by atoms with Crippen LogP contribution in [0.15, 0.2) is 24.3 Å². The van der Waals surface area contributed by atoms with Gasteiger partial charge in [-0.2, -0.15) is 0 Å². The summed E-state index contributed by atoms with van der Waals surface area (Å²) < 4.78 is 0. The highest BCUT2D eigenvalue weighted by atomic mass is 16.4. The molecule has 0 aliphatic carbocycles. The van der Waals surface area contributed by atoms with Gasteiger partial charge in [0.2, 0.25) is 0 Å². The van der Waals surface area contributed by atoms with Crippen molar-refractivity contribution >= 4 is 5.97 Å². The fraction of sp³-hybridized carbons (Fsp3) is 0.533. The van der Waals surface area contributed by atoms with Crippen LogP contribution in [-0.4, -0.2) is 47.3 Å². The number of phenols is 1. The van der Waals surface area contributed by atoms with Gasteiger partial charge in [0.25, 0.3) is 0 Å². The van der Waals surface area contributed by atoms with E-state index in [9.17, 15) is 15.0 Å². The lowest BCUT2D eigenvalue weighted by molar-refractivity contribution is -0.144. The Labute approximate surface area is 120 Å². The zero-order chi connectivity index (χ0) is 15.2. The molecule has 0 radical (unpaired) electrons. The number of aromatic hydroxyl groups is 1. The predicted molar refractivity (Wildman–Crippen MR) is 78.9 cm³/mol. The van der Waals surface area contributed by atoms with Crippen LogP contribution < -0.4 is 5.32 Å². The molecule has 1 rings (SSSR count). The van der Waals surface area contributed by atoms with Gasteiger partial charge in [0.05, 0.1) is 0 Å². The van der Waals surface area contributed by atoms with Crippen LogP contribution in [0, 0.1) is 0 Å². The van der Waals surface area contributed by atoms with Crippen LogP contribution in [0.4, 0.5) is 0 Å². The highest BCUT2D eigenvalue weighted by Crippen LogP contribution is 2.24. The summed E-state index contributed by atoms with van der Waals surface area (Å²) in [6.07, 6.45) is 0. The molecule has 0 spiro atoms. The van der Waals surface area contributed by atoms with Gasteiger partial charge in [-0.1, -0.05) is 26.0 Å². The van der Waals surface area contributed by atoms with Gasteiger partial charge in [-0.15, -0.1) is 0 Å². The molecule has 1 aromatic rings. The van der Waals surface area contributed by atoms with E-state index in [1.165, 1.54) is 12.1 Å². The topological polar surface area (TPSA) is 72.8 Å². The smallest absolute Gasteiger partial charge is 0.328 e. The second kappa shape index (κ2) is 7.26. The Morgan fingerprint density at radius 3 is 2.50 bits per heavy atom. The van der Waals surface area contributed by atoms with E-state index in [1.54, 1.807) is 19.1 Å². The summed E-state index contributed by atoms with van der Waals surface area (Å²) >= 11 is 0. The quantitative estimate of drug-likeness (QED) is 0.675. The number of hydrogen-bond acceptors (Lipinski definition) is 4. The third-order valence-electron chi connectivity index (χ3n) is 3.65. The second-order valence-electron chi connectivity index (χ2n) is 4.93. The summed E-state index contributed by atoms with van der Waals surface area (Å²) in [7, 11) is 0. The molecule has 0 amide bonds. The van der Waals surface area contributed by atoms with Crippen molar-refractivity contribution in [2.75, 3.05) is 26.2 Å². The molecular weight excluding hydrogens is 256 g/mol. The molecule has 0 aliphatic rings. The number of carboxylic acids is 1. The first-order valence-corrected chi connectivity index (χ1v) is 6.94. The molecule has 0 heterocycles. The average molecular weight is 280 g/mol. The first kappa shape index (κ1) is 16.5. The summed E-state index contributed by atoms with van der Waals surface area (Å²) in [6, 6.07) is 6.37. The third-order valence-corrected chi connectivity index (χ3v) is 3.65. The molecule has 0 aliphatic heterocycles. The number of benzene rings is 1. The number of aliphatic carboxylic acids is 1. The average Bonchev–Trinajstić information content (AvgIpc) is 2.43. The van der Waals surface area contributed by atoms with E-state index < -0.39 is 11.5 Å². The molecule has 0 aromatic heterocycles. The molecule has 3 N–H and O–H groups in total. The molecule has 20 heavy (non-hydrogen) atoms. The number of hydrogen-bond donors (Lipinski definition) is 3. The molecule has 0 saturated heterocycles. The molecule has 0 bridgehead atoms. The lowest BCUT2D eigenvalue weighted by Gasteiger charge is -2.28. The molecule has 5 nitrogen and oxygen atoms in total. The second-order valence-corrected chi connectivity index (χ2v) is 4.93. The SMILES string of the molecule is CCN(CC)CCNC(C)(C(=O)O)c1cccc(O)c1. The van der Waals surface area contributed by atoms with E-state index in [1.807, 2.05) is 0 Å². The Morgan fingerprint density at radius 1 is 1.35 bits per heavy atom. The summed E-state index contributed by atoms with van der Waals surface area (Å²) in [5.74, 6) is -0.886. The van der Waals surface area contributed by atoms with E-state index in [0.717, 1.165) is 19.6 Å². The zero-order valence-corrected chi connectivity index (χ0v) is 12.4. The molecule has 0 fully saturated rings. The van der Waals surface area contributed by atoms with Crippen LogP contribution in [0.2, 0.25) is 0 Å². The summed E-state index contributed by atoms with van der Waals surface area (Å²) in [5.41, 5.74) is -0.657. The Bertz CT molecular complexity index is 446.